The maximum Gasteiger partial charge on any atom is 0.333 e. The number of aliphatic hydroxyl groups is 1. The normalized spacial score (nSPS) is 14.9. The summed E-state index contributed by atoms with van der Waals surface area (Å²) in [6.07, 6.45) is 5.84. The Morgan fingerprint density at radius 2 is 1.49 bits per heavy atom. The lowest BCUT2D eigenvalue weighted by atomic mass is 9.94. The number of aryl methyl sites for hydroxylation is 2. The number of sulfonamides is 1. The molecule has 2 amide bonds. The van der Waals surface area contributed by atoms with Crippen LogP contribution >= 0.6 is 0 Å². The van der Waals surface area contributed by atoms with Crippen LogP contribution in [0.3, 0.4) is 0 Å². The topological polar surface area (TPSA) is 95.5 Å². The Morgan fingerprint density at radius 1 is 0.857 bits per heavy atom. The fraction of sp³-hybridized carbons (Fsp3) is 0.321. The summed E-state index contributed by atoms with van der Waals surface area (Å²) in [4.78, 5) is 12.9. The Morgan fingerprint density at radius 3 is 2.09 bits per heavy atom. The first-order valence-electron chi connectivity index (χ1n) is 12.1. The van der Waals surface area contributed by atoms with Gasteiger partial charge in [0.15, 0.2) is 0 Å². The van der Waals surface area contributed by atoms with E-state index in [1.54, 1.807) is 19.9 Å². The second-order valence-electron chi connectivity index (χ2n) is 9.96. The third-order valence-electron chi connectivity index (χ3n) is 6.97. The first-order valence-corrected chi connectivity index (χ1v) is 13.5. The number of fused-ring (bicyclic) bond motifs is 2. The molecule has 0 saturated carbocycles. The highest BCUT2D eigenvalue weighted by Gasteiger charge is 2.27. The molecule has 0 aromatic heterocycles. The SMILES string of the molecule is CC(C)(O)c1cc(-c2ccccc2)cc(S(=O)(=O)NC(=O)Nc2c3c(cc4c2CCC4)CCC3)c1. The van der Waals surface area contributed by atoms with E-state index in [2.05, 4.69) is 16.1 Å². The Kier molecular flexibility index (Phi) is 5.93. The van der Waals surface area contributed by atoms with E-state index < -0.39 is 21.7 Å². The number of anilines is 1. The van der Waals surface area contributed by atoms with Crippen molar-refractivity contribution in [3.63, 3.8) is 0 Å². The highest BCUT2D eigenvalue weighted by Crippen LogP contribution is 2.38. The summed E-state index contributed by atoms with van der Waals surface area (Å²) in [6, 6.07) is 15.6. The van der Waals surface area contributed by atoms with Gasteiger partial charge in [-0.15, -0.1) is 0 Å². The second-order valence-corrected chi connectivity index (χ2v) is 11.6. The molecule has 7 heteroatoms. The molecular weight excluding hydrogens is 460 g/mol. The van der Waals surface area contributed by atoms with Crippen molar-refractivity contribution in [3.8, 4) is 11.1 Å². The van der Waals surface area contributed by atoms with Gasteiger partial charge in [0.2, 0.25) is 0 Å². The summed E-state index contributed by atoms with van der Waals surface area (Å²) in [6.45, 7) is 3.20. The van der Waals surface area contributed by atoms with E-state index in [1.807, 2.05) is 30.3 Å². The Labute approximate surface area is 206 Å². The number of carbonyl (C=O) groups excluding carboxylic acids is 1. The van der Waals surface area contributed by atoms with Crippen molar-refractivity contribution in [2.75, 3.05) is 5.32 Å². The molecule has 0 heterocycles. The largest absolute Gasteiger partial charge is 0.386 e. The molecule has 0 aliphatic heterocycles. The van der Waals surface area contributed by atoms with E-state index in [1.165, 1.54) is 23.3 Å². The predicted molar refractivity (Wildman–Crippen MR) is 137 cm³/mol. The Bertz CT molecular complexity index is 1370. The maximum atomic E-state index is 13.3. The van der Waals surface area contributed by atoms with Crippen molar-refractivity contribution in [3.05, 3.63) is 82.4 Å². The van der Waals surface area contributed by atoms with E-state index in [0.29, 0.717) is 11.1 Å². The predicted octanol–water partition coefficient (Wildman–Crippen LogP) is 5.07. The quantitative estimate of drug-likeness (QED) is 0.465. The van der Waals surface area contributed by atoms with E-state index >= 15 is 0 Å². The van der Waals surface area contributed by atoms with Gasteiger partial charge in [-0.1, -0.05) is 36.4 Å². The van der Waals surface area contributed by atoms with Gasteiger partial charge in [-0.05, 0) is 110 Å². The highest BCUT2D eigenvalue weighted by atomic mass is 32.2. The van der Waals surface area contributed by atoms with Crippen LogP contribution in [-0.2, 0) is 41.3 Å². The second kappa shape index (κ2) is 8.81. The molecule has 182 valence electrons. The number of hydrogen-bond donors (Lipinski definition) is 3. The van der Waals surface area contributed by atoms with Crippen LogP contribution in [0.25, 0.3) is 11.1 Å². The van der Waals surface area contributed by atoms with Crippen molar-refractivity contribution in [2.45, 2.75) is 62.9 Å². The van der Waals surface area contributed by atoms with Gasteiger partial charge in [-0.2, -0.15) is 0 Å². The molecule has 5 rings (SSSR count). The molecule has 6 nitrogen and oxygen atoms in total. The van der Waals surface area contributed by atoms with Crippen molar-refractivity contribution >= 4 is 21.7 Å². The molecule has 0 bridgehead atoms. The molecule has 0 unspecified atom stereocenters. The number of hydrogen-bond acceptors (Lipinski definition) is 4. The van der Waals surface area contributed by atoms with Gasteiger partial charge in [0, 0.05) is 5.69 Å². The van der Waals surface area contributed by atoms with Crippen LogP contribution in [0.4, 0.5) is 10.5 Å². The molecule has 2 aliphatic carbocycles. The third kappa shape index (κ3) is 4.70. The minimum atomic E-state index is -4.19. The minimum Gasteiger partial charge on any atom is -0.386 e. The summed E-state index contributed by atoms with van der Waals surface area (Å²) in [5.41, 5.74) is 6.21. The van der Waals surface area contributed by atoms with Crippen LogP contribution in [0.15, 0.2) is 59.5 Å². The van der Waals surface area contributed by atoms with Gasteiger partial charge >= 0.3 is 6.03 Å². The fourth-order valence-corrected chi connectivity index (χ4v) is 6.17. The van der Waals surface area contributed by atoms with E-state index in [-0.39, 0.29) is 4.90 Å². The summed E-state index contributed by atoms with van der Waals surface area (Å²) in [7, 11) is -4.19. The summed E-state index contributed by atoms with van der Waals surface area (Å²) in [5, 5.41) is 13.5. The summed E-state index contributed by atoms with van der Waals surface area (Å²) in [5.74, 6) is 0. The van der Waals surface area contributed by atoms with Crippen molar-refractivity contribution < 1.29 is 18.3 Å². The molecule has 0 fully saturated rings. The summed E-state index contributed by atoms with van der Waals surface area (Å²) < 4.78 is 28.8. The van der Waals surface area contributed by atoms with Crippen molar-refractivity contribution in [2.24, 2.45) is 0 Å². The van der Waals surface area contributed by atoms with Gasteiger partial charge in [0.25, 0.3) is 10.0 Å². The molecular formula is C28H30N2O4S. The lowest BCUT2D eigenvalue weighted by molar-refractivity contribution is 0.0784. The number of urea groups is 1. The molecule has 3 N–H and O–H groups in total. The van der Waals surface area contributed by atoms with Gasteiger partial charge in [0.05, 0.1) is 10.5 Å². The van der Waals surface area contributed by atoms with E-state index in [4.69, 9.17) is 0 Å². The van der Waals surface area contributed by atoms with Gasteiger partial charge in [0.1, 0.15) is 0 Å². The van der Waals surface area contributed by atoms with E-state index in [9.17, 15) is 18.3 Å². The first kappa shape index (κ1) is 23.6. The van der Waals surface area contributed by atoms with Crippen LogP contribution in [0.1, 0.15) is 54.5 Å². The molecule has 3 aromatic rings. The van der Waals surface area contributed by atoms with Gasteiger partial charge < -0.3 is 10.4 Å². The van der Waals surface area contributed by atoms with Crippen molar-refractivity contribution in [1.29, 1.82) is 0 Å². The van der Waals surface area contributed by atoms with Crippen LogP contribution in [0.5, 0.6) is 0 Å². The van der Waals surface area contributed by atoms with Crippen molar-refractivity contribution in [1.82, 2.24) is 4.72 Å². The minimum absolute atomic E-state index is 0.0744. The molecule has 0 atom stereocenters. The zero-order valence-electron chi connectivity index (χ0n) is 20.0. The average molecular weight is 491 g/mol. The molecule has 0 saturated heterocycles. The molecule has 0 spiro atoms. The smallest absolute Gasteiger partial charge is 0.333 e. The zero-order chi connectivity index (χ0) is 24.8. The molecule has 2 aliphatic rings. The standard InChI is InChI=1S/C28H30N2O4S/c1-28(2,32)22-15-21(18-8-4-3-5-9-18)16-23(17-22)35(33,34)30-27(31)29-26-24-12-6-10-19(24)14-20-11-7-13-25(20)26/h3-5,8-9,14-17,32H,6-7,10-13H2,1-2H3,(H2,29,30,31). The van der Waals surface area contributed by atoms with Gasteiger partial charge in [-0.25, -0.2) is 17.9 Å². The monoisotopic (exact) mass is 490 g/mol. The van der Waals surface area contributed by atoms with E-state index in [0.717, 1.165) is 60.9 Å². The Balaban J connectivity index is 1.47. The number of nitrogens with one attached hydrogen (secondary N) is 2. The van der Waals surface area contributed by atoms with Crippen LogP contribution in [0.2, 0.25) is 0 Å². The first-order chi connectivity index (χ1) is 16.6. The fourth-order valence-electron chi connectivity index (χ4n) is 5.19. The van der Waals surface area contributed by atoms with Gasteiger partial charge in [-0.3, -0.25) is 0 Å². The number of benzene rings is 3. The zero-order valence-corrected chi connectivity index (χ0v) is 20.8. The number of rotatable bonds is 5. The van der Waals surface area contributed by atoms with Crippen LogP contribution in [0, 0.1) is 0 Å². The Hall–Kier alpha value is -3.16. The number of carbonyl (C=O) groups is 1. The summed E-state index contributed by atoms with van der Waals surface area (Å²) >= 11 is 0. The molecule has 35 heavy (non-hydrogen) atoms. The lowest BCUT2D eigenvalue weighted by Crippen LogP contribution is -2.35. The lowest BCUT2D eigenvalue weighted by Gasteiger charge is -2.21. The van der Waals surface area contributed by atoms with Crippen LogP contribution < -0.4 is 10.0 Å². The number of amides is 2. The highest BCUT2D eigenvalue weighted by molar-refractivity contribution is 7.90. The average Bonchev–Trinajstić information content (AvgIpc) is 3.48. The molecule has 3 aromatic carbocycles. The maximum absolute atomic E-state index is 13.3. The molecule has 0 radical (unpaired) electrons. The third-order valence-corrected chi connectivity index (χ3v) is 8.28. The van der Waals surface area contributed by atoms with Crippen LogP contribution in [-0.4, -0.2) is 19.6 Å².